The summed E-state index contributed by atoms with van der Waals surface area (Å²) >= 11 is 0. The van der Waals surface area contributed by atoms with E-state index in [0.717, 1.165) is 51.0 Å². The number of rotatable bonds is 6. The van der Waals surface area contributed by atoms with Crippen LogP contribution in [0.5, 0.6) is 0 Å². The zero-order valence-corrected chi connectivity index (χ0v) is 17.1. The van der Waals surface area contributed by atoms with Gasteiger partial charge in [0.15, 0.2) is 0 Å². The highest BCUT2D eigenvalue weighted by atomic mass is 16.5. The van der Waals surface area contributed by atoms with Crippen molar-refractivity contribution in [1.29, 1.82) is 0 Å². The van der Waals surface area contributed by atoms with E-state index < -0.39 is 0 Å². The number of hydrogen-bond donors (Lipinski definition) is 1. The Labute approximate surface area is 171 Å². The van der Waals surface area contributed by atoms with Crippen LogP contribution >= 0.6 is 0 Å². The number of aromatic nitrogens is 3. The van der Waals surface area contributed by atoms with Crippen LogP contribution in [0.4, 0.5) is 0 Å². The van der Waals surface area contributed by atoms with Crippen molar-refractivity contribution >= 4 is 16.9 Å². The molecule has 3 aromatic rings. The molecule has 0 unspecified atom stereocenters. The van der Waals surface area contributed by atoms with Crippen LogP contribution in [-0.2, 0) is 11.3 Å². The average molecular weight is 393 g/mol. The Morgan fingerprint density at radius 2 is 2.03 bits per heavy atom. The number of aryl methyl sites for hydroxylation is 1. The SMILES string of the molecule is CCCCn1cc(C2CCNCC2)c2cc(-c3cc(C(=O)OC)ccn3)ncc21. The lowest BCUT2D eigenvalue weighted by molar-refractivity contribution is 0.0600. The van der Waals surface area contributed by atoms with Crippen LogP contribution in [0.15, 0.2) is 36.8 Å². The zero-order valence-electron chi connectivity index (χ0n) is 17.1. The first kappa shape index (κ1) is 19.6. The minimum absolute atomic E-state index is 0.365. The number of methoxy groups -OCH3 is 1. The molecule has 6 heteroatoms. The molecule has 4 heterocycles. The maximum atomic E-state index is 11.9. The smallest absolute Gasteiger partial charge is 0.337 e. The average Bonchev–Trinajstić information content (AvgIpc) is 3.15. The van der Waals surface area contributed by atoms with Crippen molar-refractivity contribution in [2.24, 2.45) is 0 Å². The van der Waals surface area contributed by atoms with Crippen LogP contribution in [0.3, 0.4) is 0 Å². The summed E-state index contributed by atoms with van der Waals surface area (Å²) in [5, 5.41) is 4.71. The van der Waals surface area contributed by atoms with Crippen molar-refractivity contribution in [2.75, 3.05) is 20.2 Å². The summed E-state index contributed by atoms with van der Waals surface area (Å²) in [6.45, 7) is 5.35. The van der Waals surface area contributed by atoms with Crippen molar-refractivity contribution in [3.63, 3.8) is 0 Å². The van der Waals surface area contributed by atoms with Gasteiger partial charge >= 0.3 is 5.97 Å². The van der Waals surface area contributed by atoms with Crippen molar-refractivity contribution in [3.8, 4) is 11.4 Å². The summed E-state index contributed by atoms with van der Waals surface area (Å²) in [4.78, 5) is 21.0. The second kappa shape index (κ2) is 8.74. The molecule has 3 aromatic heterocycles. The van der Waals surface area contributed by atoms with Crippen LogP contribution in [-0.4, -0.2) is 40.7 Å². The van der Waals surface area contributed by atoms with Gasteiger partial charge in [-0.25, -0.2) is 4.79 Å². The van der Waals surface area contributed by atoms with E-state index in [0.29, 0.717) is 17.2 Å². The van der Waals surface area contributed by atoms with Crippen LogP contribution < -0.4 is 5.32 Å². The summed E-state index contributed by atoms with van der Waals surface area (Å²) in [6, 6.07) is 5.55. The van der Waals surface area contributed by atoms with Crippen LogP contribution in [0.1, 0.15) is 54.4 Å². The van der Waals surface area contributed by atoms with E-state index in [1.165, 1.54) is 23.6 Å². The molecule has 0 radical (unpaired) electrons. The molecular formula is C23H28N4O2. The molecule has 152 valence electrons. The Morgan fingerprint density at radius 3 is 2.79 bits per heavy atom. The zero-order chi connectivity index (χ0) is 20.2. The van der Waals surface area contributed by atoms with Gasteiger partial charge in [-0.2, -0.15) is 0 Å². The Balaban J connectivity index is 1.78. The fraction of sp³-hybridized carbons (Fsp3) is 0.435. The Morgan fingerprint density at radius 1 is 1.24 bits per heavy atom. The molecule has 6 nitrogen and oxygen atoms in total. The summed E-state index contributed by atoms with van der Waals surface area (Å²) in [6.07, 6.45) is 10.5. The van der Waals surface area contributed by atoms with E-state index in [4.69, 9.17) is 4.74 Å². The van der Waals surface area contributed by atoms with Crippen molar-refractivity contribution in [2.45, 2.75) is 45.1 Å². The maximum absolute atomic E-state index is 11.9. The van der Waals surface area contributed by atoms with Gasteiger partial charge in [-0.1, -0.05) is 13.3 Å². The largest absolute Gasteiger partial charge is 0.465 e. The number of fused-ring (bicyclic) bond motifs is 1. The highest BCUT2D eigenvalue weighted by Gasteiger charge is 2.21. The van der Waals surface area contributed by atoms with E-state index >= 15 is 0 Å². The molecule has 29 heavy (non-hydrogen) atoms. The van der Waals surface area contributed by atoms with E-state index in [1.54, 1.807) is 18.3 Å². The number of hydrogen-bond acceptors (Lipinski definition) is 5. The Bertz CT molecular complexity index is 1010. The number of esters is 1. The topological polar surface area (TPSA) is 69.0 Å². The number of nitrogens with zero attached hydrogens (tertiary/aromatic N) is 3. The fourth-order valence-corrected chi connectivity index (χ4v) is 4.14. The standard InChI is InChI=1S/C23H28N4O2/c1-3-4-11-27-15-19(16-5-8-24-9-6-16)18-13-21(26-14-22(18)27)20-12-17(7-10-25-20)23(28)29-2/h7,10,12-16,24H,3-6,8-9,11H2,1-2H3. The molecule has 4 rings (SSSR count). The maximum Gasteiger partial charge on any atom is 0.337 e. The van der Waals surface area contributed by atoms with Crippen LogP contribution in [0, 0.1) is 0 Å². The molecule has 0 amide bonds. The second-order valence-corrected chi connectivity index (χ2v) is 7.66. The molecule has 0 atom stereocenters. The number of piperidine rings is 1. The quantitative estimate of drug-likeness (QED) is 0.638. The first-order chi connectivity index (χ1) is 14.2. The van der Waals surface area contributed by atoms with Crippen molar-refractivity contribution in [1.82, 2.24) is 19.9 Å². The number of ether oxygens (including phenoxy) is 1. The van der Waals surface area contributed by atoms with E-state index in [1.807, 2.05) is 6.20 Å². The first-order valence-electron chi connectivity index (χ1n) is 10.5. The molecule has 0 spiro atoms. The van der Waals surface area contributed by atoms with Gasteiger partial charge < -0.3 is 14.6 Å². The minimum atomic E-state index is -0.365. The number of carbonyl (C=O) groups is 1. The van der Waals surface area contributed by atoms with Crippen molar-refractivity contribution in [3.05, 3.63) is 47.9 Å². The number of unbranched alkanes of at least 4 members (excludes halogenated alkanes) is 1. The van der Waals surface area contributed by atoms with E-state index in [9.17, 15) is 4.79 Å². The summed E-state index contributed by atoms with van der Waals surface area (Å²) in [5.74, 6) is 0.196. The van der Waals surface area contributed by atoms with E-state index in [-0.39, 0.29) is 5.97 Å². The molecule has 0 aromatic carbocycles. The van der Waals surface area contributed by atoms with E-state index in [2.05, 4.69) is 39.0 Å². The van der Waals surface area contributed by atoms with Crippen molar-refractivity contribution < 1.29 is 9.53 Å². The summed E-state index contributed by atoms with van der Waals surface area (Å²) in [7, 11) is 1.39. The van der Waals surface area contributed by atoms with Gasteiger partial charge in [0.1, 0.15) is 0 Å². The lowest BCUT2D eigenvalue weighted by atomic mass is 9.90. The lowest BCUT2D eigenvalue weighted by Gasteiger charge is -2.22. The summed E-state index contributed by atoms with van der Waals surface area (Å²) in [5.41, 5.74) is 4.54. The molecule has 1 aliphatic heterocycles. The van der Waals surface area contributed by atoms with Gasteiger partial charge in [0.25, 0.3) is 0 Å². The van der Waals surface area contributed by atoms with Gasteiger partial charge in [-0.15, -0.1) is 0 Å². The normalized spacial score (nSPS) is 15.0. The predicted molar refractivity (Wildman–Crippen MR) is 114 cm³/mol. The third-order valence-corrected chi connectivity index (χ3v) is 5.77. The Kier molecular flexibility index (Phi) is 5.90. The van der Waals surface area contributed by atoms with Gasteiger partial charge in [0.2, 0.25) is 0 Å². The van der Waals surface area contributed by atoms with Gasteiger partial charge in [0, 0.05) is 24.3 Å². The minimum Gasteiger partial charge on any atom is -0.465 e. The first-order valence-corrected chi connectivity index (χ1v) is 10.5. The third kappa shape index (κ3) is 4.03. The van der Waals surface area contributed by atoms with Crippen LogP contribution in [0.25, 0.3) is 22.3 Å². The van der Waals surface area contributed by atoms with Gasteiger partial charge in [0.05, 0.1) is 35.8 Å². The van der Waals surface area contributed by atoms with Gasteiger partial charge in [-0.3, -0.25) is 9.97 Å². The van der Waals surface area contributed by atoms with Crippen LogP contribution in [0.2, 0.25) is 0 Å². The fourth-order valence-electron chi connectivity index (χ4n) is 4.14. The number of pyridine rings is 2. The third-order valence-electron chi connectivity index (χ3n) is 5.77. The molecule has 1 fully saturated rings. The molecular weight excluding hydrogens is 364 g/mol. The monoisotopic (exact) mass is 392 g/mol. The second-order valence-electron chi connectivity index (χ2n) is 7.66. The molecule has 0 aliphatic carbocycles. The predicted octanol–water partition coefficient (Wildman–Crippen LogP) is 4.15. The molecule has 0 bridgehead atoms. The molecule has 1 N–H and O–H groups in total. The van der Waals surface area contributed by atoms with Gasteiger partial charge in [-0.05, 0) is 62.0 Å². The highest BCUT2D eigenvalue weighted by molar-refractivity contribution is 5.91. The number of carbonyl (C=O) groups excluding carboxylic acids is 1. The molecule has 1 aliphatic rings. The summed E-state index contributed by atoms with van der Waals surface area (Å²) < 4.78 is 7.19. The lowest BCUT2D eigenvalue weighted by Crippen LogP contribution is -2.26. The molecule has 1 saturated heterocycles. The number of nitrogens with one attached hydrogen (secondary N) is 1. The molecule has 0 saturated carbocycles. The Hall–Kier alpha value is -2.73. The highest BCUT2D eigenvalue weighted by Crippen LogP contribution is 2.34.